The molecule has 0 radical (unpaired) electrons. The summed E-state index contributed by atoms with van der Waals surface area (Å²) in [4.78, 5) is 2.41. The number of hydrogen-bond donors (Lipinski definition) is 1. The van der Waals surface area contributed by atoms with Gasteiger partial charge in [0.25, 0.3) is 0 Å². The summed E-state index contributed by atoms with van der Waals surface area (Å²) >= 11 is 0. The molecule has 1 aromatic heterocycles. The molecule has 1 heterocycles. The first kappa shape index (κ1) is 11.8. The second-order valence-electron chi connectivity index (χ2n) is 5.22. The van der Waals surface area contributed by atoms with Crippen molar-refractivity contribution in [3.8, 4) is 0 Å². The maximum Gasteiger partial charge on any atom is 0.134 e. The largest absolute Gasteiger partial charge is 0.461 e. The Balaban J connectivity index is 2.07. The predicted octanol–water partition coefficient (Wildman–Crippen LogP) is 2.84. The molecule has 1 fully saturated rings. The second kappa shape index (κ2) is 4.41. The summed E-state index contributed by atoms with van der Waals surface area (Å²) in [5, 5.41) is 1.21. The van der Waals surface area contributed by atoms with E-state index < -0.39 is 0 Å². The number of aryl methyl sites for hydroxylation is 1. The number of hydrogen-bond acceptors (Lipinski definition) is 3. The molecule has 1 saturated carbocycles. The highest BCUT2D eigenvalue weighted by molar-refractivity contribution is 5.82. The van der Waals surface area contributed by atoms with Crippen LogP contribution >= 0.6 is 0 Å². The number of likely N-dealkylation sites (N-methyl/N-ethyl adjacent to an activating group) is 1. The average Bonchev–Trinajstić information content (AvgIpc) is 3.16. The van der Waals surface area contributed by atoms with Gasteiger partial charge < -0.3 is 10.2 Å². The van der Waals surface area contributed by atoms with E-state index in [4.69, 9.17) is 10.2 Å². The van der Waals surface area contributed by atoms with Crippen LogP contribution in [-0.4, -0.2) is 24.5 Å². The number of nitrogens with zero attached hydrogens (tertiary/aromatic N) is 1. The highest BCUT2D eigenvalue weighted by Crippen LogP contribution is 2.37. The lowest BCUT2D eigenvalue weighted by atomic mass is 10.0. The van der Waals surface area contributed by atoms with Gasteiger partial charge in [0.2, 0.25) is 0 Å². The molecule has 0 saturated heterocycles. The summed E-state index contributed by atoms with van der Waals surface area (Å²) in [6, 6.07) is 9.19. The van der Waals surface area contributed by atoms with Gasteiger partial charge in [-0.2, -0.15) is 0 Å². The summed E-state index contributed by atoms with van der Waals surface area (Å²) in [5.74, 6) is 0.999. The molecule has 0 amide bonds. The topological polar surface area (TPSA) is 42.4 Å². The zero-order valence-electron chi connectivity index (χ0n) is 11.0. The fraction of sp³-hybridized carbons (Fsp3) is 0.467. The van der Waals surface area contributed by atoms with Crippen LogP contribution in [0.3, 0.4) is 0 Å². The third kappa shape index (κ3) is 1.84. The van der Waals surface area contributed by atoms with E-state index in [2.05, 4.69) is 24.1 Å². The number of rotatable bonds is 4. The first-order valence-electron chi connectivity index (χ1n) is 6.62. The Hall–Kier alpha value is -1.32. The molecule has 1 atom stereocenters. The molecule has 1 unspecified atom stereocenters. The Morgan fingerprint density at radius 2 is 2.11 bits per heavy atom. The summed E-state index contributed by atoms with van der Waals surface area (Å²) < 4.78 is 5.85. The monoisotopic (exact) mass is 244 g/mol. The molecule has 2 N–H and O–H groups in total. The zero-order valence-corrected chi connectivity index (χ0v) is 11.0. The summed E-state index contributed by atoms with van der Waals surface area (Å²) in [6.07, 6.45) is 2.59. The minimum atomic E-state index is 0.265. The Kier molecular flexibility index (Phi) is 2.88. The summed E-state index contributed by atoms with van der Waals surface area (Å²) in [7, 11) is 2.18. The van der Waals surface area contributed by atoms with Crippen LogP contribution in [0.15, 0.2) is 28.7 Å². The zero-order chi connectivity index (χ0) is 12.7. The molecular weight excluding hydrogens is 224 g/mol. The van der Waals surface area contributed by atoms with Crippen molar-refractivity contribution in [3.63, 3.8) is 0 Å². The first-order valence-corrected chi connectivity index (χ1v) is 6.62. The van der Waals surface area contributed by atoms with E-state index in [-0.39, 0.29) is 6.04 Å². The van der Waals surface area contributed by atoms with Crippen molar-refractivity contribution in [1.29, 1.82) is 0 Å². The highest BCUT2D eigenvalue weighted by Gasteiger charge is 2.33. The third-order valence-electron chi connectivity index (χ3n) is 3.99. The number of para-hydroxylation sites is 1. The quantitative estimate of drug-likeness (QED) is 0.899. The van der Waals surface area contributed by atoms with Crippen LogP contribution in [0.4, 0.5) is 0 Å². The third-order valence-corrected chi connectivity index (χ3v) is 3.99. The van der Waals surface area contributed by atoms with Gasteiger partial charge in [0.15, 0.2) is 0 Å². The molecule has 3 rings (SSSR count). The molecule has 18 heavy (non-hydrogen) atoms. The fourth-order valence-electron chi connectivity index (χ4n) is 2.83. The van der Waals surface area contributed by atoms with Crippen molar-refractivity contribution >= 4 is 11.0 Å². The molecule has 1 aliphatic rings. The fourth-order valence-corrected chi connectivity index (χ4v) is 2.83. The molecular formula is C15H20N2O. The van der Waals surface area contributed by atoms with Crippen LogP contribution in [0, 0.1) is 6.92 Å². The van der Waals surface area contributed by atoms with Crippen molar-refractivity contribution in [1.82, 2.24) is 4.90 Å². The van der Waals surface area contributed by atoms with E-state index in [1.54, 1.807) is 0 Å². The van der Waals surface area contributed by atoms with Gasteiger partial charge in [-0.25, -0.2) is 0 Å². The normalized spacial score (nSPS) is 17.6. The number of furan rings is 1. The Morgan fingerprint density at radius 1 is 1.39 bits per heavy atom. The van der Waals surface area contributed by atoms with Gasteiger partial charge in [-0.15, -0.1) is 0 Å². The van der Waals surface area contributed by atoms with Gasteiger partial charge in [-0.3, -0.25) is 4.90 Å². The molecule has 0 aliphatic heterocycles. The summed E-state index contributed by atoms with van der Waals surface area (Å²) in [5.41, 5.74) is 8.24. The van der Waals surface area contributed by atoms with Gasteiger partial charge in [0, 0.05) is 23.5 Å². The molecule has 1 aromatic carbocycles. The van der Waals surface area contributed by atoms with Gasteiger partial charge >= 0.3 is 0 Å². The second-order valence-corrected chi connectivity index (χ2v) is 5.22. The van der Waals surface area contributed by atoms with Crippen LogP contribution in [0.25, 0.3) is 11.0 Å². The maximum absolute atomic E-state index is 6.01. The van der Waals surface area contributed by atoms with Gasteiger partial charge in [-0.05, 0) is 32.9 Å². The number of benzene rings is 1. The maximum atomic E-state index is 6.01. The molecule has 3 nitrogen and oxygen atoms in total. The smallest absolute Gasteiger partial charge is 0.134 e. The van der Waals surface area contributed by atoms with E-state index in [9.17, 15) is 0 Å². The Morgan fingerprint density at radius 3 is 2.78 bits per heavy atom. The van der Waals surface area contributed by atoms with E-state index in [1.165, 1.54) is 23.8 Å². The average molecular weight is 244 g/mol. The molecule has 96 valence electrons. The lowest BCUT2D eigenvalue weighted by Gasteiger charge is -2.27. The van der Waals surface area contributed by atoms with Crippen LogP contribution in [0.2, 0.25) is 0 Å². The van der Waals surface area contributed by atoms with Crippen LogP contribution in [0.1, 0.15) is 30.2 Å². The number of nitrogens with two attached hydrogens (primary N) is 1. The van der Waals surface area contributed by atoms with E-state index in [1.807, 2.05) is 19.1 Å². The van der Waals surface area contributed by atoms with Gasteiger partial charge in [0.05, 0.1) is 6.04 Å². The van der Waals surface area contributed by atoms with Crippen molar-refractivity contribution in [2.24, 2.45) is 5.73 Å². The molecule has 3 heteroatoms. The first-order chi connectivity index (χ1) is 8.72. The van der Waals surface area contributed by atoms with Crippen LogP contribution in [0.5, 0.6) is 0 Å². The Bertz CT molecular complexity index is 557. The van der Waals surface area contributed by atoms with Crippen molar-refractivity contribution < 1.29 is 4.42 Å². The summed E-state index contributed by atoms with van der Waals surface area (Å²) in [6.45, 7) is 2.68. The SMILES string of the molecule is Cc1oc2ccccc2c1C(CN)N(C)C1CC1. The minimum absolute atomic E-state index is 0.265. The lowest BCUT2D eigenvalue weighted by Crippen LogP contribution is -2.32. The van der Waals surface area contributed by atoms with Gasteiger partial charge in [-0.1, -0.05) is 18.2 Å². The Labute approximate surface area is 108 Å². The van der Waals surface area contributed by atoms with Crippen LogP contribution in [-0.2, 0) is 0 Å². The highest BCUT2D eigenvalue weighted by atomic mass is 16.3. The van der Waals surface area contributed by atoms with Crippen molar-refractivity contribution in [2.75, 3.05) is 13.6 Å². The van der Waals surface area contributed by atoms with Crippen molar-refractivity contribution in [2.45, 2.75) is 31.8 Å². The standard InChI is InChI=1S/C15H20N2O/c1-10-15(12-5-3-4-6-14(12)18-10)13(9-16)17(2)11-7-8-11/h3-6,11,13H,7-9,16H2,1-2H3. The van der Waals surface area contributed by atoms with Gasteiger partial charge in [0.1, 0.15) is 11.3 Å². The number of fused-ring (bicyclic) bond motifs is 1. The molecule has 0 bridgehead atoms. The van der Waals surface area contributed by atoms with E-state index in [0.29, 0.717) is 12.6 Å². The molecule has 0 spiro atoms. The van der Waals surface area contributed by atoms with E-state index in [0.717, 1.165) is 11.3 Å². The van der Waals surface area contributed by atoms with Crippen LogP contribution < -0.4 is 5.73 Å². The lowest BCUT2D eigenvalue weighted by molar-refractivity contribution is 0.239. The molecule has 1 aliphatic carbocycles. The van der Waals surface area contributed by atoms with Crippen molar-refractivity contribution in [3.05, 3.63) is 35.6 Å². The van der Waals surface area contributed by atoms with E-state index >= 15 is 0 Å². The minimum Gasteiger partial charge on any atom is -0.461 e. The predicted molar refractivity (Wildman–Crippen MR) is 73.5 cm³/mol. The molecule has 2 aromatic rings.